The van der Waals surface area contributed by atoms with Gasteiger partial charge in [-0.3, -0.25) is 0 Å². The van der Waals surface area contributed by atoms with Crippen LogP contribution in [0.5, 0.6) is 0 Å². The van der Waals surface area contributed by atoms with Crippen LogP contribution in [0.25, 0.3) is 21.2 Å². The van der Waals surface area contributed by atoms with Crippen LogP contribution in [0.2, 0.25) is 0 Å². The first-order chi connectivity index (χ1) is 8.33. The Hall–Kier alpha value is -1.12. The van der Waals surface area contributed by atoms with Gasteiger partial charge in [0, 0.05) is 31.4 Å². The van der Waals surface area contributed by atoms with Crippen molar-refractivity contribution in [2.24, 2.45) is 0 Å². The van der Waals surface area contributed by atoms with Crippen LogP contribution in [0.3, 0.4) is 0 Å². The van der Waals surface area contributed by atoms with Gasteiger partial charge in [-0.15, -0.1) is 11.3 Å². The third-order valence-electron chi connectivity index (χ3n) is 3.36. The molecule has 82 valence electrons. The molecule has 2 heteroatoms. The molecule has 4 rings (SSSR count). The standard InChI is InChI=1S/C15H9BrS/c16-10-5-6-12-13(8-10)17-14-7-9-3-1-2-4-11(9)15(12)14/h1-6,8H,7H2. The number of fused-ring (bicyclic) bond motifs is 5. The Labute approximate surface area is 112 Å². The summed E-state index contributed by atoms with van der Waals surface area (Å²) in [6.07, 6.45) is 1.10. The zero-order valence-electron chi connectivity index (χ0n) is 9.03. The molecule has 0 bridgehead atoms. The Morgan fingerprint density at radius 2 is 1.94 bits per heavy atom. The summed E-state index contributed by atoms with van der Waals surface area (Å²) in [5.74, 6) is 0. The molecule has 0 fully saturated rings. The molecule has 0 aliphatic heterocycles. The molecule has 0 atom stereocenters. The summed E-state index contributed by atoms with van der Waals surface area (Å²) in [5, 5.41) is 1.40. The van der Waals surface area contributed by atoms with E-state index in [0.717, 1.165) is 6.42 Å². The molecular weight excluding hydrogens is 292 g/mol. The normalized spacial score (nSPS) is 12.8. The van der Waals surface area contributed by atoms with Crippen molar-refractivity contribution in [2.45, 2.75) is 6.42 Å². The van der Waals surface area contributed by atoms with E-state index in [1.54, 1.807) is 0 Å². The number of hydrogen-bond donors (Lipinski definition) is 0. The van der Waals surface area contributed by atoms with Crippen LogP contribution >= 0.6 is 27.3 Å². The van der Waals surface area contributed by atoms with E-state index in [-0.39, 0.29) is 0 Å². The predicted molar refractivity (Wildman–Crippen MR) is 77.8 cm³/mol. The van der Waals surface area contributed by atoms with E-state index in [1.807, 2.05) is 11.3 Å². The number of thiophene rings is 1. The zero-order valence-corrected chi connectivity index (χ0v) is 11.4. The van der Waals surface area contributed by atoms with Gasteiger partial charge in [0.2, 0.25) is 0 Å². The van der Waals surface area contributed by atoms with Crippen molar-refractivity contribution in [3.63, 3.8) is 0 Å². The molecule has 0 amide bonds. The minimum Gasteiger partial charge on any atom is -0.139 e. The lowest BCUT2D eigenvalue weighted by Crippen LogP contribution is -1.78. The molecule has 0 radical (unpaired) electrons. The number of benzene rings is 2. The summed E-state index contributed by atoms with van der Waals surface area (Å²) in [6, 6.07) is 15.3. The Morgan fingerprint density at radius 3 is 2.88 bits per heavy atom. The van der Waals surface area contributed by atoms with E-state index in [2.05, 4.69) is 58.4 Å². The molecule has 3 aromatic rings. The van der Waals surface area contributed by atoms with E-state index in [4.69, 9.17) is 0 Å². The Kier molecular flexibility index (Phi) is 1.99. The Bertz CT molecular complexity index is 740. The van der Waals surface area contributed by atoms with Crippen molar-refractivity contribution >= 4 is 37.4 Å². The summed E-state index contributed by atoms with van der Waals surface area (Å²) in [7, 11) is 0. The third kappa shape index (κ3) is 1.34. The van der Waals surface area contributed by atoms with Crippen molar-refractivity contribution < 1.29 is 0 Å². The highest BCUT2D eigenvalue weighted by atomic mass is 79.9. The van der Waals surface area contributed by atoms with Gasteiger partial charge in [0.05, 0.1) is 0 Å². The van der Waals surface area contributed by atoms with Crippen molar-refractivity contribution in [2.75, 3.05) is 0 Å². The number of rotatable bonds is 0. The highest BCUT2D eigenvalue weighted by Crippen LogP contribution is 2.46. The van der Waals surface area contributed by atoms with Crippen LogP contribution < -0.4 is 0 Å². The molecule has 0 spiro atoms. The van der Waals surface area contributed by atoms with Gasteiger partial charge in [-0.2, -0.15) is 0 Å². The molecule has 0 saturated heterocycles. The van der Waals surface area contributed by atoms with E-state index in [0.29, 0.717) is 0 Å². The van der Waals surface area contributed by atoms with Gasteiger partial charge in [0.15, 0.2) is 0 Å². The first kappa shape index (κ1) is 9.86. The smallest absolute Gasteiger partial charge is 0.0363 e. The largest absolute Gasteiger partial charge is 0.139 e. The average molecular weight is 301 g/mol. The summed E-state index contributed by atoms with van der Waals surface area (Å²) in [5.41, 5.74) is 4.36. The topological polar surface area (TPSA) is 0 Å². The molecule has 2 aromatic carbocycles. The fraction of sp³-hybridized carbons (Fsp3) is 0.0667. The maximum absolute atomic E-state index is 3.54. The molecule has 1 aliphatic carbocycles. The quantitative estimate of drug-likeness (QED) is 0.417. The van der Waals surface area contributed by atoms with Crippen molar-refractivity contribution in [3.8, 4) is 11.1 Å². The van der Waals surface area contributed by atoms with Crippen LogP contribution in [-0.2, 0) is 6.42 Å². The third-order valence-corrected chi connectivity index (χ3v) is 5.01. The van der Waals surface area contributed by atoms with Gasteiger partial charge in [-0.05, 0) is 23.3 Å². The SMILES string of the molecule is Brc1ccc2c3c(sc2c1)Cc1ccccc1-3. The monoisotopic (exact) mass is 300 g/mol. The van der Waals surface area contributed by atoms with Gasteiger partial charge in [0.1, 0.15) is 0 Å². The molecule has 0 N–H and O–H groups in total. The Morgan fingerprint density at radius 1 is 1.06 bits per heavy atom. The lowest BCUT2D eigenvalue weighted by molar-refractivity contribution is 1.31. The summed E-state index contributed by atoms with van der Waals surface area (Å²) in [6.45, 7) is 0. The maximum Gasteiger partial charge on any atom is 0.0363 e. The van der Waals surface area contributed by atoms with E-state index < -0.39 is 0 Å². The minimum absolute atomic E-state index is 1.10. The Balaban J connectivity index is 2.11. The first-order valence-corrected chi connectivity index (χ1v) is 7.23. The summed E-state index contributed by atoms with van der Waals surface area (Å²) >= 11 is 5.47. The molecule has 1 aliphatic rings. The number of halogens is 1. The summed E-state index contributed by atoms with van der Waals surface area (Å²) < 4.78 is 2.55. The van der Waals surface area contributed by atoms with Crippen molar-refractivity contribution in [3.05, 3.63) is 57.4 Å². The lowest BCUT2D eigenvalue weighted by atomic mass is 10.0. The maximum atomic E-state index is 3.54. The number of hydrogen-bond acceptors (Lipinski definition) is 1. The van der Waals surface area contributed by atoms with Gasteiger partial charge in [-0.1, -0.05) is 46.3 Å². The van der Waals surface area contributed by atoms with E-state index >= 15 is 0 Å². The highest BCUT2D eigenvalue weighted by molar-refractivity contribution is 9.10. The fourth-order valence-corrected chi connectivity index (χ4v) is 4.43. The van der Waals surface area contributed by atoms with Crippen LogP contribution in [0, 0.1) is 0 Å². The second-order valence-electron chi connectivity index (χ2n) is 4.37. The second-order valence-corrected chi connectivity index (χ2v) is 6.43. The van der Waals surface area contributed by atoms with Crippen LogP contribution in [0.1, 0.15) is 10.4 Å². The van der Waals surface area contributed by atoms with Crippen molar-refractivity contribution in [1.82, 2.24) is 0 Å². The minimum atomic E-state index is 1.10. The molecule has 17 heavy (non-hydrogen) atoms. The molecular formula is C15H9BrS. The highest BCUT2D eigenvalue weighted by Gasteiger charge is 2.22. The van der Waals surface area contributed by atoms with Crippen LogP contribution in [0.4, 0.5) is 0 Å². The average Bonchev–Trinajstić information content (AvgIpc) is 2.83. The molecule has 0 saturated carbocycles. The van der Waals surface area contributed by atoms with Gasteiger partial charge in [0.25, 0.3) is 0 Å². The second kappa shape index (κ2) is 3.44. The predicted octanol–water partition coefficient (Wildman–Crippen LogP) is 5.24. The first-order valence-electron chi connectivity index (χ1n) is 5.62. The molecule has 0 unspecified atom stereocenters. The fourth-order valence-electron chi connectivity index (χ4n) is 2.63. The summed E-state index contributed by atoms with van der Waals surface area (Å²) in [4.78, 5) is 1.51. The molecule has 1 aromatic heterocycles. The van der Waals surface area contributed by atoms with Crippen LogP contribution in [0.15, 0.2) is 46.9 Å². The van der Waals surface area contributed by atoms with E-state index in [1.165, 1.54) is 36.1 Å². The molecule has 1 heterocycles. The van der Waals surface area contributed by atoms with Gasteiger partial charge in [-0.25, -0.2) is 0 Å². The molecule has 0 nitrogen and oxygen atoms in total. The van der Waals surface area contributed by atoms with E-state index in [9.17, 15) is 0 Å². The van der Waals surface area contributed by atoms with Crippen LogP contribution in [-0.4, -0.2) is 0 Å². The lowest BCUT2D eigenvalue weighted by Gasteiger charge is -2.00. The van der Waals surface area contributed by atoms with Gasteiger partial charge < -0.3 is 0 Å². The zero-order chi connectivity index (χ0) is 11.4. The van der Waals surface area contributed by atoms with Gasteiger partial charge >= 0.3 is 0 Å². The van der Waals surface area contributed by atoms with Crippen molar-refractivity contribution in [1.29, 1.82) is 0 Å².